The number of benzene rings is 2. The molecule has 29 heavy (non-hydrogen) atoms. The lowest BCUT2D eigenvalue weighted by Crippen LogP contribution is -2.31. The molecule has 1 unspecified atom stereocenters. The van der Waals surface area contributed by atoms with Crippen molar-refractivity contribution in [3.05, 3.63) is 80.4 Å². The van der Waals surface area contributed by atoms with E-state index in [1.54, 1.807) is 12.1 Å². The predicted octanol–water partition coefficient (Wildman–Crippen LogP) is 3.05. The minimum absolute atomic E-state index is 0.0835. The van der Waals surface area contributed by atoms with Gasteiger partial charge in [-0.1, -0.05) is 11.6 Å². The van der Waals surface area contributed by atoms with Crippen LogP contribution in [-0.2, 0) is 9.59 Å². The van der Waals surface area contributed by atoms with Crippen LogP contribution in [0.25, 0.3) is 5.76 Å². The molecule has 0 bridgehead atoms. The fraction of sp³-hybridized carbons (Fsp3) is 0.200. The molecule has 1 saturated heterocycles. The summed E-state index contributed by atoms with van der Waals surface area (Å²) in [4.78, 5) is 36.9. The maximum atomic E-state index is 12.7. The molecule has 9 heteroatoms. The molecule has 0 aliphatic carbocycles. The smallest absolute Gasteiger partial charge is 0.295 e. The Balaban J connectivity index is 2.14. The Morgan fingerprint density at radius 3 is 2.28 bits per heavy atom. The van der Waals surface area contributed by atoms with Gasteiger partial charge in [0.15, 0.2) is 0 Å². The molecule has 1 fully saturated rings. The van der Waals surface area contributed by atoms with Crippen LogP contribution in [0.4, 0.5) is 5.69 Å². The zero-order valence-electron chi connectivity index (χ0n) is 15.1. The fourth-order valence-electron chi connectivity index (χ4n) is 3.24. The van der Waals surface area contributed by atoms with E-state index in [4.69, 9.17) is 16.7 Å². The van der Waals surface area contributed by atoms with Crippen molar-refractivity contribution < 1.29 is 24.7 Å². The van der Waals surface area contributed by atoms with Gasteiger partial charge in [0.25, 0.3) is 17.4 Å². The molecule has 8 nitrogen and oxygen atoms in total. The molecule has 1 aliphatic heterocycles. The molecule has 1 amide bonds. The summed E-state index contributed by atoms with van der Waals surface area (Å²) in [7, 11) is 0. The van der Waals surface area contributed by atoms with Gasteiger partial charge in [-0.05, 0) is 48.4 Å². The SMILES string of the molecule is O=C1C(=O)N(CCCO)C(c2ccc([N+](=O)[O-])cc2)C1=C(O)c1ccc(Cl)cc1. The lowest BCUT2D eigenvalue weighted by atomic mass is 9.95. The molecule has 2 aromatic carbocycles. The highest BCUT2D eigenvalue weighted by Gasteiger charge is 2.45. The van der Waals surface area contributed by atoms with Crippen molar-refractivity contribution in [3.8, 4) is 0 Å². The molecular formula is C20H17ClN2O6. The van der Waals surface area contributed by atoms with Crippen LogP contribution >= 0.6 is 11.6 Å². The van der Waals surface area contributed by atoms with Gasteiger partial charge in [0.05, 0.1) is 16.5 Å². The van der Waals surface area contributed by atoms with Gasteiger partial charge < -0.3 is 15.1 Å². The number of hydrogen-bond donors (Lipinski definition) is 2. The third-order valence-corrected chi connectivity index (χ3v) is 4.89. The Morgan fingerprint density at radius 2 is 1.72 bits per heavy atom. The molecule has 1 heterocycles. The Morgan fingerprint density at radius 1 is 1.10 bits per heavy atom. The molecule has 2 aromatic rings. The number of carbonyl (C=O) groups is 2. The molecule has 0 spiro atoms. The van der Waals surface area contributed by atoms with Crippen molar-refractivity contribution in [2.45, 2.75) is 12.5 Å². The second kappa shape index (κ2) is 8.42. The largest absolute Gasteiger partial charge is 0.507 e. The number of hydrogen-bond acceptors (Lipinski definition) is 6. The average Bonchev–Trinajstić information content (AvgIpc) is 2.97. The summed E-state index contributed by atoms with van der Waals surface area (Å²) in [6.07, 6.45) is 0.234. The summed E-state index contributed by atoms with van der Waals surface area (Å²) in [5.41, 5.74) is 0.479. The summed E-state index contributed by atoms with van der Waals surface area (Å²) >= 11 is 5.87. The Bertz CT molecular complexity index is 985. The van der Waals surface area contributed by atoms with E-state index in [9.17, 15) is 24.8 Å². The van der Waals surface area contributed by atoms with Crippen LogP contribution in [-0.4, -0.2) is 44.9 Å². The number of non-ortho nitro benzene ring substituents is 1. The van der Waals surface area contributed by atoms with E-state index in [1.807, 2.05) is 0 Å². The molecule has 2 N–H and O–H groups in total. The van der Waals surface area contributed by atoms with E-state index in [-0.39, 0.29) is 36.6 Å². The van der Waals surface area contributed by atoms with E-state index in [2.05, 4.69) is 0 Å². The number of Topliss-reactive ketones (excluding diaryl/α,β-unsaturated/α-hetero) is 1. The topological polar surface area (TPSA) is 121 Å². The molecule has 150 valence electrons. The van der Waals surface area contributed by atoms with E-state index in [0.29, 0.717) is 16.1 Å². The van der Waals surface area contributed by atoms with Crippen molar-refractivity contribution in [2.75, 3.05) is 13.2 Å². The first-order chi connectivity index (χ1) is 13.8. The molecule has 0 radical (unpaired) electrons. The highest BCUT2D eigenvalue weighted by atomic mass is 35.5. The zero-order valence-corrected chi connectivity index (χ0v) is 15.9. The first kappa shape index (κ1) is 20.5. The summed E-state index contributed by atoms with van der Waals surface area (Å²) in [6.45, 7) is -0.104. The minimum atomic E-state index is -0.932. The lowest BCUT2D eigenvalue weighted by molar-refractivity contribution is -0.384. The third-order valence-electron chi connectivity index (χ3n) is 4.63. The average molecular weight is 417 g/mol. The van der Waals surface area contributed by atoms with E-state index < -0.39 is 22.7 Å². The number of nitro groups is 1. The number of ketones is 1. The van der Waals surface area contributed by atoms with E-state index in [1.165, 1.54) is 41.3 Å². The maximum Gasteiger partial charge on any atom is 0.295 e. The maximum absolute atomic E-state index is 12.7. The standard InChI is InChI=1S/C20H17ClN2O6/c21-14-6-2-13(3-7-14)18(25)16-17(12-4-8-15(9-5-12)23(28)29)22(10-1-11-24)20(27)19(16)26/h2-9,17,24-25H,1,10-11H2. The number of aliphatic hydroxyl groups excluding tert-OH is 2. The Kier molecular flexibility index (Phi) is 5.95. The van der Waals surface area contributed by atoms with E-state index >= 15 is 0 Å². The van der Waals surface area contributed by atoms with Crippen LogP contribution in [0.1, 0.15) is 23.6 Å². The van der Waals surface area contributed by atoms with Gasteiger partial charge in [-0.2, -0.15) is 0 Å². The minimum Gasteiger partial charge on any atom is -0.507 e. The van der Waals surface area contributed by atoms with Crippen LogP contribution in [0, 0.1) is 10.1 Å². The fourth-order valence-corrected chi connectivity index (χ4v) is 3.37. The monoisotopic (exact) mass is 416 g/mol. The van der Waals surface area contributed by atoms with Crippen molar-refractivity contribution in [3.63, 3.8) is 0 Å². The summed E-state index contributed by atoms with van der Waals surface area (Å²) in [5, 5.41) is 31.3. The normalized spacial score (nSPS) is 18.3. The van der Waals surface area contributed by atoms with Gasteiger partial charge >= 0.3 is 0 Å². The van der Waals surface area contributed by atoms with Crippen molar-refractivity contribution in [1.29, 1.82) is 0 Å². The third kappa shape index (κ3) is 3.98. The lowest BCUT2D eigenvalue weighted by Gasteiger charge is -2.25. The number of halogens is 1. The second-order valence-corrected chi connectivity index (χ2v) is 6.86. The number of carbonyl (C=O) groups excluding carboxylic acids is 2. The van der Waals surface area contributed by atoms with Gasteiger partial charge in [0.2, 0.25) is 0 Å². The number of nitro benzene ring substituents is 1. The van der Waals surface area contributed by atoms with Crippen molar-refractivity contribution >= 4 is 34.7 Å². The van der Waals surface area contributed by atoms with Crippen LogP contribution in [0.3, 0.4) is 0 Å². The van der Waals surface area contributed by atoms with Gasteiger partial charge in [0.1, 0.15) is 5.76 Å². The van der Waals surface area contributed by atoms with Crippen molar-refractivity contribution in [2.24, 2.45) is 0 Å². The Hall–Kier alpha value is -3.23. The van der Waals surface area contributed by atoms with Gasteiger partial charge in [-0.25, -0.2) is 0 Å². The summed E-state index contributed by atoms with van der Waals surface area (Å²) < 4.78 is 0. The van der Waals surface area contributed by atoms with Crippen molar-refractivity contribution in [1.82, 2.24) is 4.90 Å². The number of likely N-dealkylation sites (tertiary alicyclic amines) is 1. The van der Waals surface area contributed by atoms with Gasteiger partial charge in [-0.3, -0.25) is 19.7 Å². The second-order valence-electron chi connectivity index (χ2n) is 6.43. The molecule has 1 aliphatic rings. The first-order valence-corrected chi connectivity index (χ1v) is 9.12. The zero-order chi connectivity index (χ0) is 21.1. The highest BCUT2D eigenvalue weighted by Crippen LogP contribution is 2.39. The Labute approximate surface area is 170 Å². The predicted molar refractivity (Wildman–Crippen MR) is 105 cm³/mol. The highest BCUT2D eigenvalue weighted by molar-refractivity contribution is 6.46. The molecule has 1 atom stereocenters. The number of nitrogens with zero attached hydrogens (tertiary/aromatic N) is 2. The van der Waals surface area contributed by atoms with Gasteiger partial charge in [-0.15, -0.1) is 0 Å². The summed E-state index contributed by atoms with van der Waals surface area (Å²) in [6, 6.07) is 10.6. The van der Waals surface area contributed by atoms with Crippen LogP contribution in [0.2, 0.25) is 5.02 Å². The quantitative estimate of drug-likeness (QED) is 0.245. The number of aliphatic hydroxyl groups is 2. The van der Waals surface area contributed by atoms with E-state index in [0.717, 1.165) is 0 Å². The van der Waals surface area contributed by atoms with Crippen LogP contribution in [0.15, 0.2) is 54.1 Å². The summed E-state index contributed by atoms with van der Waals surface area (Å²) in [5.74, 6) is -2.04. The van der Waals surface area contributed by atoms with Crippen LogP contribution in [0.5, 0.6) is 0 Å². The number of rotatable bonds is 6. The van der Waals surface area contributed by atoms with Gasteiger partial charge in [0, 0.05) is 35.9 Å². The molecule has 0 saturated carbocycles. The first-order valence-electron chi connectivity index (χ1n) is 8.74. The molecule has 3 rings (SSSR count). The molecule has 0 aromatic heterocycles. The molecular weight excluding hydrogens is 400 g/mol. The van der Waals surface area contributed by atoms with Crippen LogP contribution < -0.4 is 0 Å². The number of amides is 1.